The van der Waals surface area contributed by atoms with Gasteiger partial charge >= 0.3 is 0 Å². The molecule has 1 heterocycles. The van der Waals surface area contributed by atoms with Gasteiger partial charge in [0, 0.05) is 33.3 Å². The maximum Gasteiger partial charge on any atom is 0.219 e. The van der Waals surface area contributed by atoms with Gasteiger partial charge in [0.2, 0.25) is 5.91 Å². The molecule has 1 rings (SSSR count). The van der Waals surface area contributed by atoms with Gasteiger partial charge in [-0.05, 0) is 19.0 Å². The third kappa shape index (κ3) is 4.12. The lowest BCUT2D eigenvalue weighted by Gasteiger charge is -2.04. The standard InChI is InChI=1S/C10H18N4O/c1-11-10(15)4-3-6-12-8-9-5-7-13-14(9)2/h5,7,12H,3-4,6,8H2,1-2H3,(H,11,15). The van der Waals surface area contributed by atoms with E-state index in [2.05, 4.69) is 15.7 Å². The molecule has 0 radical (unpaired) electrons. The van der Waals surface area contributed by atoms with Crippen molar-refractivity contribution in [2.45, 2.75) is 19.4 Å². The second kappa shape index (κ2) is 6.19. The number of carbonyl (C=O) groups excluding carboxylic acids is 1. The SMILES string of the molecule is CNC(=O)CCCNCc1ccnn1C. The molecule has 1 aromatic rings. The van der Waals surface area contributed by atoms with Crippen molar-refractivity contribution >= 4 is 5.91 Å². The maximum absolute atomic E-state index is 10.9. The van der Waals surface area contributed by atoms with Gasteiger partial charge in [-0.1, -0.05) is 0 Å². The Morgan fingerprint density at radius 3 is 3.00 bits per heavy atom. The normalized spacial score (nSPS) is 10.3. The molecule has 0 unspecified atom stereocenters. The Balaban J connectivity index is 2.07. The zero-order valence-corrected chi connectivity index (χ0v) is 9.29. The number of nitrogens with one attached hydrogen (secondary N) is 2. The van der Waals surface area contributed by atoms with Crippen molar-refractivity contribution < 1.29 is 4.79 Å². The summed E-state index contributed by atoms with van der Waals surface area (Å²) in [6, 6.07) is 1.98. The molecule has 0 saturated heterocycles. The number of hydrogen-bond acceptors (Lipinski definition) is 3. The Morgan fingerprint density at radius 1 is 1.60 bits per heavy atom. The molecule has 0 saturated carbocycles. The summed E-state index contributed by atoms with van der Waals surface area (Å²) in [4.78, 5) is 10.9. The fraction of sp³-hybridized carbons (Fsp3) is 0.600. The minimum absolute atomic E-state index is 0.0948. The quantitative estimate of drug-likeness (QED) is 0.652. The predicted molar refractivity (Wildman–Crippen MR) is 58.2 cm³/mol. The van der Waals surface area contributed by atoms with Crippen LogP contribution in [0.4, 0.5) is 0 Å². The first-order chi connectivity index (χ1) is 7.24. The summed E-state index contributed by atoms with van der Waals surface area (Å²) in [6.45, 7) is 1.64. The van der Waals surface area contributed by atoms with Gasteiger partial charge in [0.1, 0.15) is 0 Å². The molecule has 0 spiro atoms. The van der Waals surface area contributed by atoms with Crippen LogP contribution in [-0.2, 0) is 18.4 Å². The van der Waals surface area contributed by atoms with E-state index in [0.29, 0.717) is 6.42 Å². The van der Waals surface area contributed by atoms with E-state index in [4.69, 9.17) is 0 Å². The second-order valence-corrected chi connectivity index (χ2v) is 3.40. The second-order valence-electron chi connectivity index (χ2n) is 3.40. The molecule has 5 nitrogen and oxygen atoms in total. The van der Waals surface area contributed by atoms with Gasteiger partial charge in [-0.15, -0.1) is 0 Å². The summed E-state index contributed by atoms with van der Waals surface area (Å²) < 4.78 is 1.84. The summed E-state index contributed by atoms with van der Waals surface area (Å²) in [7, 11) is 3.58. The Morgan fingerprint density at radius 2 is 2.40 bits per heavy atom. The highest BCUT2D eigenvalue weighted by Crippen LogP contribution is 1.95. The monoisotopic (exact) mass is 210 g/mol. The van der Waals surface area contributed by atoms with Gasteiger partial charge in [0.05, 0.1) is 5.69 Å². The molecular weight excluding hydrogens is 192 g/mol. The van der Waals surface area contributed by atoms with Crippen LogP contribution in [0.2, 0.25) is 0 Å². The van der Waals surface area contributed by atoms with E-state index in [-0.39, 0.29) is 5.91 Å². The number of hydrogen-bond donors (Lipinski definition) is 2. The molecule has 0 aliphatic rings. The lowest BCUT2D eigenvalue weighted by molar-refractivity contribution is -0.120. The summed E-state index contributed by atoms with van der Waals surface area (Å²) in [5.41, 5.74) is 1.15. The molecular formula is C10H18N4O. The smallest absolute Gasteiger partial charge is 0.219 e. The molecule has 0 bridgehead atoms. The summed E-state index contributed by atoms with van der Waals surface area (Å²) in [5.74, 6) is 0.0948. The fourth-order valence-corrected chi connectivity index (χ4v) is 1.29. The Kier molecular flexibility index (Phi) is 4.83. The minimum atomic E-state index is 0.0948. The zero-order chi connectivity index (χ0) is 11.1. The first kappa shape index (κ1) is 11.7. The Labute approximate surface area is 89.9 Å². The average Bonchev–Trinajstić information content (AvgIpc) is 2.63. The largest absolute Gasteiger partial charge is 0.359 e. The van der Waals surface area contributed by atoms with Crippen molar-refractivity contribution in [2.24, 2.45) is 7.05 Å². The van der Waals surface area contributed by atoms with Crippen molar-refractivity contribution in [3.63, 3.8) is 0 Å². The number of aromatic nitrogens is 2. The van der Waals surface area contributed by atoms with Crippen LogP contribution in [0, 0.1) is 0 Å². The van der Waals surface area contributed by atoms with E-state index in [1.54, 1.807) is 13.2 Å². The molecule has 2 N–H and O–H groups in total. The van der Waals surface area contributed by atoms with E-state index in [0.717, 1.165) is 25.2 Å². The molecule has 84 valence electrons. The highest BCUT2D eigenvalue weighted by Gasteiger charge is 1.99. The molecule has 1 amide bonds. The molecule has 0 fully saturated rings. The first-order valence-corrected chi connectivity index (χ1v) is 5.12. The minimum Gasteiger partial charge on any atom is -0.359 e. The number of nitrogens with zero attached hydrogens (tertiary/aromatic N) is 2. The van der Waals surface area contributed by atoms with Gasteiger partial charge in [-0.2, -0.15) is 5.10 Å². The first-order valence-electron chi connectivity index (χ1n) is 5.12. The average molecular weight is 210 g/mol. The van der Waals surface area contributed by atoms with Crippen LogP contribution in [0.25, 0.3) is 0 Å². The lowest BCUT2D eigenvalue weighted by Crippen LogP contribution is -2.21. The molecule has 1 aromatic heterocycles. The van der Waals surface area contributed by atoms with E-state index < -0.39 is 0 Å². The van der Waals surface area contributed by atoms with Gasteiger partial charge < -0.3 is 10.6 Å². The molecule has 0 aliphatic carbocycles. The van der Waals surface area contributed by atoms with Crippen molar-refractivity contribution in [3.05, 3.63) is 18.0 Å². The van der Waals surface area contributed by atoms with Crippen LogP contribution < -0.4 is 10.6 Å². The van der Waals surface area contributed by atoms with E-state index in [9.17, 15) is 4.79 Å². The van der Waals surface area contributed by atoms with Crippen LogP contribution in [0.5, 0.6) is 0 Å². The lowest BCUT2D eigenvalue weighted by atomic mass is 10.3. The maximum atomic E-state index is 10.9. The highest BCUT2D eigenvalue weighted by atomic mass is 16.1. The third-order valence-corrected chi connectivity index (χ3v) is 2.26. The van der Waals surface area contributed by atoms with Crippen LogP contribution in [0.1, 0.15) is 18.5 Å². The van der Waals surface area contributed by atoms with E-state index in [1.165, 1.54) is 0 Å². The van der Waals surface area contributed by atoms with E-state index >= 15 is 0 Å². The Bertz CT molecular complexity index is 308. The number of amides is 1. The zero-order valence-electron chi connectivity index (χ0n) is 9.29. The van der Waals surface area contributed by atoms with E-state index in [1.807, 2.05) is 17.8 Å². The van der Waals surface area contributed by atoms with Crippen LogP contribution in [-0.4, -0.2) is 29.3 Å². The highest BCUT2D eigenvalue weighted by molar-refractivity contribution is 5.75. The number of aryl methyl sites for hydroxylation is 1. The van der Waals surface area contributed by atoms with Gasteiger partial charge in [-0.3, -0.25) is 9.48 Å². The Hall–Kier alpha value is -1.36. The summed E-state index contributed by atoms with van der Waals surface area (Å²) in [6.07, 6.45) is 3.22. The molecule has 0 aliphatic heterocycles. The topological polar surface area (TPSA) is 59.0 Å². The van der Waals surface area contributed by atoms with Crippen LogP contribution in [0.3, 0.4) is 0 Å². The van der Waals surface area contributed by atoms with Crippen molar-refractivity contribution in [3.8, 4) is 0 Å². The van der Waals surface area contributed by atoms with Gasteiger partial charge in [0.25, 0.3) is 0 Å². The molecule has 5 heteroatoms. The molecule has 15 heavy (non-hydrogen) atoms. The van der Waals surface area contributed by atoms with Gasteiger partial charge in [0.15, 0.2) is 0 Å². The number of carbonyl (C=O) groups is 1. The van der Waals surface area contributed by atoms with Crippen molar-refractivity contribution in [2.75, 3.05) is 13.6 Å². The fourth-order valence-electron chi connectivity index (χ4n) is 1.29. The summed E-state index contributed by atoms with van der Waals surface area (Å²) in [5, 5.41) is 9.93. The predicted octanol–water partition coefficient (Wildman–Crippen LogP) is 0.0359. The van der Waals surface area contributed by atoms with Crippen molar-refractivity contribution in [1.82, 2.24) is 20.4 Å². The van der Waals surface area contributed by atoms with Crippen LogP contribution in [0.15, 0.2) is 12.3 Å². The van der Waals surface area contributed by atoms with Crippen molar-refractivity contribution in [1.29, 1.82) is 0 Å². The third-order valence-electron chi connectivity index (χ3n) is 2.26. The van der Waals surface area contributed by atoms with Crippen LogP contribution >= 0.6 is 0 Å². The molecule has 0 aromatic carbocycles. The molecule has 0 atom stereocenters. The number of rotatable bonds is 6. The summed E-state index contributed by atoms with van der Waals surface area (Å²) >= 11 is 0. The van der Waals surface area contributed by atoms with Gasteiger partial charge in [-0.25, -0.2) is 0 Å².